The van der Waals surface area contributed by atoms with Crippen molar-refractivity contribution in [3.63, 3.8) is 0 Å². The second-order valence-electron chi connectivity index (χ2n) is 3.27. The first kappa shape index (κ1) is 10.7. The second kappa shape index (κ2) is 4.23. The molecule has 1 aliphatic rings. The van der Waals surface area contributed by atoms with Crippen LogP contribution in [0.1, 0.15) is 6.92 Å². The fraction of sp³-hybridized carbons (Fsp3) is 0.556. The van der Waals surface area contributed by atoms with Crippen LogP contribution in [0.3, 0.4) is 0 Å². The standard InChI is InChI=1S/C9H14N2O3/c1-6(2)8(12)7-5-14-4-3-11(7)9(10)13/h7H,1,3-5H2,2H3,(H2,10,13). The molecule has 0 saturated carbocycles. The van der Waals surface area contributed by atoms with Crippen LogP contribution in [-0.2, 0) is 9.53 Å². The molecule has 1 atom stereocenters. The molecule has 0 aromatic rings. The van der Waals surface area contributed by atoms with Gasteiger partial charge in [0.1, 0.15) is 6.04 Å². The Morgan fingerprint density at radius 3 is 2.71 bits per heavy atom. The number of hydrogen-bond acceptors (Lipinski definition) is 3. The first-order chi connectivity index (χ1) is 6.54. The van der Waals surface area contributed by atoms with E-state index in [0.29, 0.717) is 18.7 Å². The molecule has 1 unspecified atom stereocenters. The summed E-state index contributed by atoms with van der Waals surface area (Å²) in [5.41, 5.74) is 5.55. The zero-order valence-corrected chi connectivity index (χ0v) is 8.16. The zero-order chi connectivity index (χ0) is 10.7. The minimum Gasteiger partial charge on any atom is -0.377 e. The fourth-order valence-electron chi connectivity index (χ4n) is 1.37. The van der Waals surface area contributed by atoms with Gasteiger partial charge in [0.15, 0.2) is 5.78 Å². The summed E-state index contributed by atoms with van der Waals surface area (Å²) in [4.78, 5) is 23.9. The fourth-order valence-corrected chi connectivity index (χ4v) is 1.37. The van der Waals surface area contributed by atoms with E-state index in [1.165, 1.54) is 4.90 Å². The van der Waals surface area contributed by atoms with Gasteiger partial charge in [0.2, 0.25) is 0 Å². The molecule has 0 aromatic carbocycles. The molecular formula is C9H14N2O3. The predicted molar refractivity (Wildman–Crippen MR) is 50.7 cm³/mol. The third-order valence-corrected chi connectivity index (χ3v) is 2.13. The first-order valence-corrected chi connectivity index (χ1v) is 4.37. The molecule has 0 aliphatic carbocycles. The highest BCUT2D eigenvalue weighted by Crippen LogP contribution is 2.10. The number of Topliss-reactive ketones (excluding diaryl/α,β-unsaturated/α-hetero) is 1. The minimum atomic E-state index is -0.598. The summed E-state index contributed by atoms with van der Waals surface area (Å²) in [6.45, 7) is 6.13. The summed E-state index contributed by atoms with van der Waals surface area (Å²) >= 11 is 0. The Labute approximate surface area is 82.5 Å². The third-order valence-electron chi connectivity index (χ3n) is 2.13. The van der Waals surface area contributed by atoms with Crippen LogP contribution >= 0.6 is 0 Å². The summed E-state index contributed by atoms with van der Waals surface area (Å²) in [5, 5.41) is 0. The average molecular weight is 198 g/mol. The van der Waals surface area contributed by atoms with Gasteiger partial charge in [0.25, 0.3) is 0 Å². The van der Waals surface area contributed by atoms with Gasteiger partial charge in [-0.3, -0.25) is 4.79 Å². The monoisotopic (exact) mass is 198 g/mol. The van der Waals surface area contributed by atoms with Gasteiger partial charge in [0, 0.05) is 6.54 Å². The van der Waals surface area contributed by atoms with Gasteiger partial charge in [-0.25, -0.2) is 4.79 Å². The van der Waals surface area contributed by atoms with Gasteiger partial charge < -0.3 is 15.4 Å². The van der Waals surface area contributed by atoms with Gasteiger partial charge in [-0.05, 0) is 12.5 Å². The van der Waals surface area contributed by atoms with Gasteiger partial charge in [-0.1, -0.05) is 6.58 Å². The molecule has 1 fully saturated rings. The van der Waals surface area contributed by atoms with Crippen LogP contribution < -0.4 is 5.73 Å². The van der Waals surface area contributed by atoms with E-state index in [-0.39, 0.29) is 12.4 Å². The van der Waals surface area contributed by atoms with Crippen LogP contribution in [0.4, 0.5) is 4.79 Å². The molecule has 1 rings (SSSR count). The van der Waals surface area contributed by atoms with Crippen LogP contribution in [0.15, 0.2) is 12.2 Å². The number of amides is 2. The van der Waals surface area contributed by atoms with E-state index in [2.05, 4.69) is 6.58 Å². The molecule has 1 saturated heterocycles. The average Bonchev–Trinajstić information content (AvgIpc) is 2.16. The molecule has 5 nitrogen and oxygen atoms in total. The van der Waals surface area contributed by atoms with Crippen molar-refractivity contribution in [1.82, 2.24) is 4.90 Å². The molecule has 78 valence electrons. The van der Waals surface area contributed by atoms with Crippen LogP contribution in [0.25, 0.3) is 0 Å². The van der Waals surface area contributed by atoms with E-state index in [1.54, 1.807) is 6.92 Å². The highest BCUT2D eigenvalue weighted by Gasteiger charge is 2.31. The maximum absolute atomic E-state index is 11.6. The van der Waals surface area contributed by atoms with Crippen molar-refractivity contribution in [3.8, 4) is 0 Å². The smallest absolute Gasteiger partial charge is 0.315 e. The van der Waals surface area contributed by atoms with E-state index >= 15 is 0 Å². The number of ether oxygens (including phenoxy) is 1. The van der Waals surface area contributed by atoms with Crippen LogP contribution in [0.5, 0.6) is 0 Å². The highest BCUT2D eigenvalue weighted by atomic mass is 16.5. The van der Waals surface area contributed by atoms with Gasteiger partial charge in [-0.15, -0.1) is 0 Å². The highest BCUT2D eigenvalue weighted by molar-refractivity contribution is 6.00. The molecule has 0 aromatic heterocycles. The van der Waals surface area contributed by atoms with Gasteiger partial charge >= 0.3 is 6.03 Å². The zero-order valence-electron chi connectivity index (χ0n) is 8.16. The molecule has 14 heavy (non-hydrogen) atoms. The SMILES string of the molecule is C=C(C)C(=O)C1COCCN1C(N)=O. The molecule has 2 amide bonds. The van der Waals surface area contributed by atoms with Gasteiger partial charge in [0.05, 0.1) is 13.2 Å². The Bertz CT molecular complexity index is 275. The van der Waals surface area contributed by atoms with Crippen molar-refractivity contribution >= 4 is 11.8 Å². The van der Waals surface area contributed by atoms with Crippen molar-refractivity contribution in [2.24, 2.45) is 5.73 Å². The number of hydrogen-bond donors (Lipinski definition) is 1. The molecule has 1 heterocycles. The minimum absolute atomic E-state index is 0.191. The Kier molecular flexibility index (Phi) is 3.24. The van der Waals surface area contributed by atoms with Gasteiger partial charge in [-0.2, -0.15) is 0 Å². The van der Waals surface area contributed by atoms with Crippen LogP contribution in [-0.4, -0.2) is 42.5 Å². The van der Waals surface area contributed by atoms with E-state index in [0.717, 1.165) is 0 Å². The van der Waals surface area contributed by atoms with Crippen molar-refractivity contribution in [2.45, 2.75) is 13.0 Å². The Morgan fingerprint density at radius 2 is 2.21 bits per heavy atom. The molecule has 0 bridgehead atoms. The number of nitrogens with two attached hydrogens (primary N) is 1. The van der Waals surface area contributed by atoms with Crippen LogP contribution in [0, 0.1) is 0 Å². The predicted octanol–water partition coefficient (Wildman–Crippen LogP) is -0.0889. The summed E-state index contributed by atoms with van der Waals surface area (Å²) in [5.74, 6) is -0.191. The number of carbonyl (C=O) groups excluding carboxylic acids is 2. The van der Waals surface area contributed by atoms with Crippen LogP contribution in [0.2, 0.25) is 0 Å². The lowest BCUT2D eigenvalue weighted by molar-refractivity contribution is -0.124. The molecule has 2 N–H and O–H groups in total. The summed E-state index contributed by atoms with van der Waals surface area (Å²) in [6, 6.07) is -1.19. The largest absolute Gasteiger partial charge is 0.377 e. The number of ketones is 1. The molecule has 0 radical (unpaired) electrons. The number of morpholine rings is 1. The lowest BCUT2D eigenvalue weighted by Crippen LogP contribution is -2.54. The second-order valence-corrected chi connectivity index (χ2v) is 3.27. The van der Waals surface area contributed by atoms with E-state index in [1.807, 2.05) is 0 Å². The topological polar surface area (TPSA) is 72.6 Å². The Balaban J connectivity index is 2.77. The maximum Gasteiger partial charge on any atom is 0.315 e. The molecule has 0 spiro atoms. The summed E-state index contributed by atoms with van der Waals surface area (Å²) < 4.78 is 5.12. The molecule has 1 aliphatic heterocycles. The van der Waals surface area contributed by atoms with Crippen molar-refractivity contribution in [1.29, 1.82) is 0 Å². The number of nitrogens with zero attached hydrogens (tertiary/aromatic N) is 1. The molecule has 5 heteroatoms. The summed E-state index contributed by atoms with van der Waals surface area (Å²) in [6.07, 6.45) is 0. The maximum atomic E-state index is 11.6. The quantitative estimate of drug-likeness (QED) is 0.630. The molecular weight excluding hydrogens is 184 g/mol. The van der Waals surface area contributed by atoms with E-state index in [4.69, 9.17) is 10.5 Å². The van der Waals surface area contributed by atoms with Crippen molar-refractivity contribution in [3.05, 3.63) is 12.2 Å². The number of rotatable bonds is 2. The summed E-state index contributed by atoms with van der Waals surface area (Å²) in [7, 11) is 0. The van der Waals surface area contributed by atoms with E-state index in [9.17, 15) is 9.59 Å². The Hall–Kier alpha value is -1.36. The Morgan fingerprint density at radius 1 is 1.57 bits per heavy atom. The number of urea groups is 1. The van der Waals surface area contributed by atoms with Crippen molar-refractivity contribution < 1.29 is 14.3 Å². The lowest BCUT2D eigenvalue weighted by Gasteiger charge is -2.33. The van der Waals surface area contributed by atoms with E-state index < -0.39 is 12.1 Å². The number of primary amides is 1. The number of carbonyl (C=O) groups is 2. The first-order valence-electron chi connectivity index (χ1n) is 4.37. The third kappa shape index (κ3) is 2.11. The van der Waals surface area contributed by atoms with Crippen molar-refractivity contribution in [2.75, 3.05) is 19.8 Å². The normalized spacial score (nSPS) is 21.8. The lowest BCUT2D eigenvalue weighted by atomic mass is 10.1.